The Morgan fingerprint density at radius 2 is 2.15 bits per heavy atom. The van der Waals surface area contributed by atoms with Crippen molar-refractivity contribution in [3.05, 3.63) is 24.3 Å². The lowest BCUT2D eigenvalue weighted by Crippen LogP contribution is -2.52. The number of ether oxygens (including phenoxy) is 2. The molecule has 108 valence electrons. The van der Waals surface area contributed by atoms with Gasteiger partial charge in [-0.15, -0.1) is 0 Å². The van der Waals surface area contributed by atoms with Gasteiger partial charge in [-0.3, -0.25) is 4.79 Å². The number of carbonyl (C=O) groups is 1. The molecule has 1 fully saturated rings. The van der Waals surface area contributed by atoms with Gasteiger partial charge in [0.1, 0.15) is 6.61 Å². The number of hydrogen-bond donors (Lipinski definition) is 1. The number of benzene rings is 1. The second-order valence-electron chi connectivity index (χ2n) is 5.31. The largest absolute Gasteiger partial charge is 0.485 e. The van der Waals surface area contributed by atoms with Crippen LogP contribution >= 0.6 is 0 Å². The fourth-order valence-corrected chi connectivity index (χ4v) is 2.71. The number of piperidine rings is 1. The number of nitrogens with one attached hydrogen (secondary N) is 1. The highest BCUT2D eigenvalue weighted by atomic mass is 16.6. The summed E-state index contributed by atoms with van der Waals surface area (Å²) in [6.07, 6.45) is 1.60. The zero-order valence-electron chi connectivity index (χ0n) is 11.7. The van der Waals surface area contributed by atoms with Crippen LogP contribution in [-0.4, -0.2) is 49.7 Å². The Bertz CT molecular complexity index is 486. The third-order valence-electron chi connectivity index (χ3n) is 3.95. The molecule has 0 saturated carbocycles. The van der Waals surface area contributed by atoms with Crippen LogP contribution in [0.15, 0.2) is 24.3 Å². The van der Waals surface area contributed by atoms with E-state index in [0.717, 1.165) is 25.9 Å². The predicted molar refractivity (Wildman–Crippen MR) is 75.0 cm³/mol. The van der Waals surface area contributed by atoms with Crippen molar-refractivity contribution in [3.8, 4) is 11.5 Å². The highest BCUT2D eigenvalue weighted by Gasteiger charge is 2.32. The topological polar surface area (TPSA) is 50.8 Å². The normalized spacial score (nSPS) is 25.1. The molecule has 1 N–H and O–H groups in total. The van der Waals surface area contributed by atoms with E-state index in [4.69, 9.17) is 9.47 Å². The SMILES string of the molecule is CN(C(=O)[C@@H]1COc2ccccc2O1)[C@@H]1CCCNC1. The fraction of sp³-hybridized carbons (Fsp3) is 0.533. The van der Waals surface area contributed by atoms with E-state index < -0.39 is 6.10 Å². The fourth-order valence-electron chi connectivity index (χ4n) is 2.71. The lowest BCUT2D eigenvalue weighted by molar-refractivity contribution is -0.142. The molecule has 1 amide bonds. The first-order valence-electron chi connectivity index (χ1n) is 7.11. The van der Waals surface area contributed by atoms with Crippen molar-refractivity contribution in [1.29, 1.82) is 0 Å². The molecule has 0 bridgehead atoms. The highest BCUT2D eigenvalue weighted by Crippen LogP contribution is 2.31. The molecule has 5 heteroatoms. The maximum atomic E-state index is 12.5. The molecular formula is C15H20N2O3. The van der Waals surface area contributed by atoms with Crippen molar-refractivity contribution in [2.75, 3.05) is 26.7 Å². The molecule has 1 saturated heterocycles. The van der Waals surface area contributed by atoms with E-state index >= 15 is 0 Å². The first-order valence-corrected chi connectivity index (χ1v) is 7.11. The number of amides is 1. The van der Waals surface area contributed by atoms with Gasteiger partial charge in [0, 0.05) is 19.6 Å². The zero-order chi connectivity index (χ0) is 13.9. The Morgan fingerprint density at radius 1 is 1.35 bits per heavy atom. The molecule has 5 nitrogen and oxygen atoms in total. The van der Waals surface area contributed by atoms with Crippen molar-refractivity contribution in [1.82, 2.24) is 10.2 Å². The smallest absolute Gasteiger partial charge is 0.267 e. The Labute approximate surface area is 118 Å². The van der Waals surface area contributed by atoms with Crippen molar-refractivity contribution < 1.29 is 14.3 Å². The lowest BCUT2D eigenvalue weighted by Gasteiger charge is -2.35. The van der Waals surface area contributed by atoms with Gasteiger partial charge in [0.2, 0.25) is 6.10 Å². The lowest BCUT2D eigenvalue weighted by atomic mass is 10.1. The molecule has 2 heterocycles. The van der Waals surface area contributed by atoms with Gasteiger partial charge in [-0.2, -0.15) is 0 Å². The summed E-state index contributed by atoms with van der Waals surface area (Å²) in [6.45, 7) is 2.17. The molecule has 2 aliphatic rings. The number of nitrogens with zero attached hydrogens (tertiary/aromatic N) is 1. The van der Waals surface area contributed by atoms with Crippen LogP contribution in [0.25, 0.3) is 0 Å². The number of hydrogen-bond acceptors (Lipinski definition) is 4. The molecule has 1 aromatic rings. The molecule has 0 radical (unpaired) electrons. The van der Waals surface area contributed by atoms with Crippen LogP contribution < -0.4 is 14.8 Å². The number of carbonyl (C=O) groups excluding carboxylic acids is 1. The Hall–Kier alpha value is -1.75. The van der Waals surface area contributed by atoms with E-state index in [1.165, 1.54) is 0 Å². The monoisotopic (exact) mass is 276 g/mol. The minimum atomic E-state index is -0.545. The number of fused-ring (bicyclic) bond motifs is 1. The molecule has 0 aliphatic carbocycles. The average Bonchev–Trinajstić information content (AvgIpc) is 2.54. The summed E-state index contributed by atoms with van der Waals surface area (Å²) >= 11 is 0. The quantitative estimate of drug-likeness (QED) is 0.877. The third kappa shape index (κ3) is 2.58. The summed E-state index contributed by atoms with van der Waals surface area (Å²) in [6, 6.07) is 7.70. The molecule has 1 aromatic carbocycles. The summed E-state index contributed by atoms with van der Waals surface area (Å²) in [7, 11) is 1.85. The zero-order valence-corrected chi connectivity index (χ0v) is 11.7. The number of likely N-dealkylation sites (N-methyl/N-ethyl adjacent to an activating group) is 1. The third-order valence-corrected chi connectivity index (χ3v) is 3.95. The van der Waals surface area contributed by atoms with Gasteiger partial charge >= 0.3 is 0 Å². The van der Waals surface area contributed by atoms with Gasteiger partial charge in [0.15, 0.2) is 11.5 Å². The van der Waals surface area contributed by atoms with Gasteiger partial charge in [-0.05, 0) is 31.5 Å². The highest BCUT2D eigenvalue weighted by molar-refractivity contribution is 5.82. The van der Waals surface area contributed by atoms with E-state index in [9.17, 15) is 4.79 Å². The van der Waals surface area contributed by atoms with Crippen LogP contribution in [0.1, 0.15) is 12.8 Å². The molecule has 0 unspecified atom stereocenters. The van der Waals surface area contributed by atoms with E-state index in [1.54, 1.807) is 4.90 Å². The first kappa shape index (κ1) is 13.2. The van der Waals surface area contributed by atoms with Crippen LogP contribution in [0.3, 0.4) is 0 Å². The van der Waals surface area contributed by atoms with Crippen LogP contribution in [-0.2, 0) is 4.79 Å². The van der Waals surface area contributed by atoms with Gasteiger partial charge in [-0.1, -0.05) is 12.1 Å². The summed E-state index contributed by atoms with van der Waals surface area (Å²) < 4.78 is 11.4. The second kappa shape index (κ2) is 5.71. The minimum Gasteiger partial charge on any atom is -0.485 e. The van der Waals surface area contributed by atoms with Crippen molar-refractivity contribution >= 4 is 5.91 Å². The predicted octanol–water partition coefficient (Wildman–Crippen LogP) is 1.04. The van der Waals surface area contributed by atoms with Crippen LogP contribution in [0.4, 0.5) is 0 Å². The maximum absolute atomic E-state index is 12.5. The van der Waals surface area contributed by atoms with Gasteiger partial charge < -0.3 is 19.7 Å². The summed E-state index contributed by atoms with van der Waals surface area (Å²) in [5.41, 5.74) is 0. The summed E-state index contributed by atoms with van der Waals surface area (Å²) in [4.78, 5) is 14.3. The van der Waals surface area contributed by atoms with E-state index in [-0.39, 0.29) is 18.6 Å². The van der Waals surface area contributed by atoms with Crippen molar-refractivity contribution in [3.63, 3.8) is 0 Å². The molecule has 3 rings (SSSR count). The molecule has 0 spiro atoms. The van der Waals surface area contributed by atoms with Crippen molar-refractivity contribution in [2.45, 2.75) is 25.0 Å². The van der Waals surface area contributed by atoms with E-state index in [2.05, 4.69) is 5.32 Å². The Morgan fingerprint density at radius 3 is 2.90 bits per heavy atom. The minimum absolute atomic E-state index is 0.00629. The standard InChI is InChI=1S/C15H20N2O3/c1-17(11-5-4-8-16-9-11)15(18)14-10-19-12-6-2-3-7-13(12)20-14/h2-3,6-7,11,14,16H,4-5,8-10H2,1H3/t11-,14+/m1/s1. The summed E-state index contributed by atoms with van der Waals surface area (Å²) in [5, 5.41) is 3.32. The summed E-state index contributed by atoms with van der Waals surface area (Å²) in [5.74, 6) is 1.35. The van der Waals surface area contributed by atoms with Gasteiger partial charge in [0.25, 0.3) is 5.91 Å². The average molecular weight is 276 g/mol. The molecular weight excluding hydrogens is 256 g/mol. The van der Waals surface area contributed by atoms with Crippen molar-refractivity contribution in [2.24, 2.45) is 0 Å². The number of para-hydroxylation sites is 2. The second-order valence-corrected chi connectivity index (χ2v) is 5.31. The van der Waals surface area contributed by atoms with Crippen LogP contribution in [0.2, 0.25) is 0 Å². The Kier molecular flexibility index (Phi) is 3.78. The van der Waals surface area contributed by atoms with Gasteiger partial charge in [0.05, 0.1) is 0 Å². The van der Waals surface area contributed by atoms with E-state index in [0.29, 0.717) is 11.5 Å². The first-order chi connectivity index (χ1) is 9.75. The van der Waals surface area contributed by atoms with Crippen LogP contribution in [0.5, 0.6) is 11.5 Å². The van der Waals surface area contributed by atoms with Crippen LogP contribution in [0, 0.1) is 0 Å². The molecule has 2 aliphatic heterocycles. The molecule has 0 aromatic heterocycles. The number of rotatable bonds is 2. The maximum Gasteiger partial charge on any atom is 0.267 e. The van der Waals surface area contributed by atoms with E-state index in [1.807, 2.05) is 31.3 Å². The molecule has 20 heavy (non-hydrogen) atoms. The Balaban J connectivity index is 1.66. The molecule has 2 atom stereocenters. The van der Waals surface area contributed by atoms with Gasteiger partial charge in [-0.25, -0.2) is 0 Å².